The summed E-state index contributed by atoms with van der Waals surface area (Å²) in [6.45, 7) is 4.11. The number of nitrogens with one attached hydrogen (secondary N) is 1. The van der Waals surface area contributed by atoms with Gasteiger partial charge in [0.1, 0.15) is 0 Å². The summed E-state index contributed by atoms with van der Waals surface area (Å²) in [5.74, 6) is 0.302. The quantitative estimate of drug-likeness (QED) is 0.596. The third-order valence-electron chi connectivity index (χ3n) is 3.43. The molecule has 3 atom stereocenters. The normalized spacial score (nSPS) is 28.2. The molecule has 3 unspecified atom stereocenters. The SMILES string of the molecule is CCCC(C)C(=O)NC1CCCCCC1Cl. The van der Waals surface area contributed by atoms with Crippen LogP contribution in [0.1, 0.15) is 58.8 Å². The van der Waals surface area contributed by atoms with Gasteiger partial charge < -0.3 is 5.32 Å². The molecule has 0 saturated heterocycles. The van der Waals surface area contributed by atoms with Crippen LogP contribution in [-0.2, 0) is 4.79 Å². The van der Waals surface area contributed by atoms with Crippen LogP contribution in [0.25, 0.3) is 0 Å². The first-order valence-corrected chi connectivity index (χ1v) is 7.03. The largest absolute Gasteiger partial charge is 0.352 e. The summed E-state index contributed by atoms with van der Waals surface area (Å²) in [5, 5.41) is 3.25. The van der Waals surface area contributed by atoms with Crippen molar-refractivity contribution in [2.75, 3.05) is 0 Å². The zero-order valence-electron chi connectivity index (χ0n) is 10.5. The summed E-state index contributed by atoms with van der Waals surface area (Å²) < 4.78 is 0. The van der Waals surface area contributed by atoms with Gasteiger partial charge in [-0.3, -0.25) is 4.79 Å². The van der Waals surface area contributed by atoms with Gasteiger partial charge in [0.15, 0.2) is 0 Å². The maximum Gasteiger partial charge on any atom is 0.223 e. The molecule has 1 amide bonds. The van der Waals surface area contributed by atoms with Crippen molar-refractivity contribution in [2.45, 2.75) is 70.2 Å². The highest BCUT2D eigenvalue weighted by atomic mass is 35.5. The van der Waals surface area contributed by atoms with Crippen molar-refractivity contribution in [1.82, 2.24) is 5.32 Å². The lowest BCUT2D eigenvalue weighted by Crippen LogP contribution is -2.42. The van der Waals surface area contributed by atoms with Crippen LogP contribution in [0, 0.1) is 5.92 Å². The maximum atomic E-state index is 11.9. The first kappa shape index (κ1) is 13.8. The van der Waals surface area contributed by atoms with Crippen LogP contribution in [0.3, 0.4) is 0 Å². The van der Waals surface area contributed by atoms with Crippen molar-refractivity contribution in [3.05, 3.63) is 0 Å². The first-order valence-electron chi connectivity index (χ1n) is 6.59. The van der Waals surface area contributed by atoms with E-state index < -0.39 is 0 Å². The van der Waals surface area contributed by atoms with Gasteiger partial charge in [-0.25, -0.2) is 0 Å². The lowest BCUT2D eigenvalue weighted by Gasteiger charge is -2.23. The molecule has 2 nitrogen and oxygen atoms in total. The number of hydrogen-bond acceptors (Lipinski definition) is 1. The Balaban J connectivity index is 2.41. The highest BCUT2D eigenvalue weighted by Crippen LogP contribution is 2.22. The Kier molecular flexibility index (Phi) is 6.18. The number of carbonyl (C=O) groups is 1. The Morgan fingerprint density at radius 2 is 2.06 bits per heavy atom. The lowest BCUT2D eigenvalue weighted by molar-refractivity contribution is -0.125. The number of amides is 1. The summed E-state index contributed by atoms with van der Waals surface area (Å²) in [5.41, 5.74) is 0. The number of alkyl halides is 1. The third kappa shape index (κ3) is 4.32. The van der Waals surface area contributed by atoms with E-state index in [2.05, 4.69) is 12.2 Å². The minimum Gasteiger partial charge on any atom is -0.352 e. The van der Waals surface area contributed by atoms with Crippen LogP contribution in [0.4, 0.5) is 0 Å². The van der Waals surface area contributed by atoms with Gasteiger partial charge in [0.25, 0.3) is 0 Å². The average molecular weight is 246 g/mol. The molecule has 1 aliphatic carbocycles. The second kappa shape index (κ2) is 7.16. The molecule has 1 aliphatic rings. The third-order valence-corrected chi connectivity index (χ3v) is 3.95. The standard InChI is InChI=1S/C13H24ClNO/c1-3-7-10(2)13(16)15-12-9-6-4-5-8-11(12)14/h10-12H,3-9H2,1-2H3,(H,15,16). The van der Waals surface area contributed by atoms with Crippen molar-refractivity contribution in [1.29, 1.82) is 0 Å². The monoisotopic (exact) mass is 245 g/mol. The summed E-state index contributed by atoms with van der Waals surface area (Å²) >= 11 is 6.30. The molecular weight excluding hydrogens is 222 g/mol. The average Bonchev–Trinajstić information content (AvgIpc) is 2.45. The highest BCUT2D eigenvalue weighted by molar-refractivity contribution is 6.21. The Morgan fingerprint density at radius 3 is 2.75 bits per heavy atom. The molecule has 94 valence electrons. The molecule has 0 aromatic heterocycles. The first-order chi connectivity index (χ1) is 7.65. The van der Waals surface area contributed by atoms with Crippen molar-refractivity contribution in [2.24, 2.45) is 5.92 Å². The molecule has 0 heterocycles. The fraction of sp³-hybridized carbons (Fsp3) is 0.923. The minimum absolute atomic E-state index is 0.122. The summed E-state index contributed by atoms with van der Waals surface area (Å²) in [6, 6.07) is 0.191. The van der Waals surface area contributed by atoms with Gasteiger partial charge in [-0.1, -0.05) is 39.5 Å². The molecule has 0 spiro atoms. The molecule has 3 heteroatoms. The van der Waals surface area contributed by atoms with Gasteiger partial charge in [0.2, 0.25) is 5.91 Å². The van der Waals surface area contributed by atoms with E-state index in [-0.39, 0.29) is 23.2 Å². The van der Waals surface area contributed by atoms with Crippen molar-refractivity contribution in [3.63, 3.8) is 0 Å². The van der Waals surface area contributed by atoms with E-state index in [4.69, 9.17) is 11.6 Å². The number of hydrogen-bond donors (Lipinski definition) is 1. The van der Waals surface area contributed by atoms with Gasteiger partial charge in [0, 0.05) is 12.0 Å². The number of rotatable bonds is 4. The lowest BCUT2D eigenvalue weighted by atomic mass is 10.0. The Morgan fingerprint density at radius 1 is 1.38 bits per heavy atom. The van der Waals surface area contributed by atoms with Crippen molar-refractivity contribution < 1.29 is 4.79 Å². The zero-order valence-corrected chi connectivity index (χ0v) is 11.2. The van der Waals surface area contributed by atoms with Crippen LogP contribution >= 0.6 is 11.6 Å². The fourth-order valence-corrected chi connectivity index (χ4v) is 2.66. The molecule has 1 rings (SSSR count). The topological polar surface area (TPSA) is 29.1 Å². The van der Waals surface area contributed by atoms with Crippen LogP contribution in [0.2, 0.25) is 0 Å². The number of carbonyl (C=O) groups excluding carboxylic acids is 1. The molecular formula is C13H24ClNO. The predicted molar refractivity (Wildman–Crippen MR) is 68.7 cm³/mol. The minimum atomic E-state index is 0.122. The molecule has 0 aliphatic heterocycles. The van der Waals surface area contributed by atoms with Gasteiger partial charge in [0.05, 0.1) is 5.38 Å². The smallest absolute Gasteiger partial charge is 0.223 e. The molecule has 0 aromatic rings. The summed E-state index contributed by atoms with van der Waals surface area (Å²) in [6.07, 6.45) is 7.74. The number of halogens is 1. The zero-order chi connectivity index (χ0) is 12.0. The van der Waals surface area contributed by atoms with Gasteiger partial charge in [-0.15, -0.1) is 11.6 Å². The highest BCUT2D eigenvalue weighted by Gasteiger charge is 2.24. The summed E-state index contributed by atoms with van der Waals surface area (Å²) in [7, 11) is 0. The van der Waals surface area contributed by atoms with E-state index in [1.54, 1.807) is 0 Å². The van der Waals surface area contributed by atoms with Crippen molar-refractivity contribution in [3.8, 4) is 0 Å². The second-order valence-electron chi connectivity index (χ2n) is 4.96. The molecule has 1 saturated carbocycles. The van der Waals surface area contributed by atoms with Gasteiger partial charge in [-0.05, 0) is 19.3 Å². The van der Waals surface area contributed by atoms with E-state index in [1.807, 2.05) is 6.92 Å². The van der Waals surface area contributed by atoms with Crippen LogP contribution in [0.5, 0.6) is 0 Å². The van der Waals surface area contributed by atoms with Crippen molar-refractivity contribution >= 4 is 17.5 Å². The second-order valence-corrected chi connectivity index (χ2v) is 5.52. The molecule has 1 N–H and O–H groups in total. The molecule has 16 heavy (non-hydrogen) atoms. The molecule has 0 bridgehead atoms. The fourth-order valence-electron chi connectivity index (χ4n) is 2.31. The summed E-state index contributed by atoms with van der Waals surface area (Å²) in [4.78, 5) is 11.9. The van der Waals surface area contributed by atoms with E-state index in [1.165, 1.54) is 19.3 Å². The van der Waals surface area contributed by atoms with Gasteiger partial charge in [-0.2, -0.15) is 0 Å². The molecule has 1 fully saturated rings. The van der Waals surface area contributed by atoms with Crippen LogP contribution in [-0.4, -0.2) is 17.3 Å². The van der Waals surface area contributed by atoms with E-state index in [0.717, 1.165) is 25.7 Å². The van der Waals surface area contributed by atoms with E-state index in [9.17, 15) is 4.79 Å². The molecule has 0 aromatic carbocycles. The molecule has 0 radical (unpaired) electrons. The van der Waals surface area contributed by atoms with E-state index in [0.29, 0.717) is 0 Å². The maximum absolute atomic E-state index is 11.9. The Bertz CT molecular complexity index is 220. The van der Waals surface area contributed by atoms with Gasteiger partial charge >= 0.3 is 0 Å². The Labute approximate surface area is 104 Å². The van der Waals surface area contributed by atoms with Crippen LogP contribution in [0.15, 0.2) is 0 Å². The van der Waals surface area contributed by atoms with Crippen LogP contribution < -0.4 is 5.32 Å². The predicted octanol–water partition coefficient (Wildman–Crippen LogP) is 3.48. The Hall–Kier alpha value is -0.240. The van der Waals surface area contributed by atoms with E-state index >= 15 is 0 Å².